The molecule has 0 aliphatic rings. The van der Waals surface area contributed by atoms with Gasteiger partial charge < -0.3 is 15.7 Å². The van der Waals surface area contributed by atoms with Crippen molar-refractivity contribution in [2.75, 3.05) is 19.6 Å². The van der Waals surface area contributed by atoms with Gasteiger partial charge in [-0.3, -0.25) is 4.99 Å². The summed E-state index contributed by atoms with van der Waals surface area (Å²) >= 11 is 0. The van der Waals surface area contributed by atoms with E-state index >= 15 is 0 Å². The number of nitrogens with zero attached hydrogens (tertiary/aromatic N) is 1. The first-order valence-corrected chi connectivity index (χ1v) is 11.1. The molecule has 1 rings (SSSR count). The van der Waals surface area contributed by atoms with Gasteiger partial charge in [-0.25, -0.2) is 13.6 Å². The van der Waals surface area contributed by atoms with Gasteiger partial charge in [0.25, 0.3) is 0 Å². The largest absolute Gasteiger partial charge is 0.388 e. The number of hydrogen-bond donors (Lipinski definition) is 4. The first-order valence-electron chi connectivity index (χ1n) is 9.60. The molecule has 1 aromatic carbocycles. The van der Waals surface area contributed by atoms with Crippen LogP contribution in [0, 0.1) is 0 Å². The summed E-state index contributed by atoms with van der Waals surface area (Å²) in [5.41, 5.74) is 0.245. The van der Waals surface area contributed by atoms with Gasteiger partial charge in [-0.15, -0.1) is 0 Å². The molecule has 0 saturated heterocycles. The Labute approximate surface area is 163 Å². The fraction of sp³-hybridized carbons (Fsp3) is 0.632. The molecule has 1 aromatic rings. The van der Waals surface area contributed by atoms with Crippen LogP contribution in [-0.2, 0) is 16.4 Å². The number of benzene rings is 1. The van der Waals surface area contributed by atoms with Gasteiger partial charge in [0.1, 0.15) is 0 Å². The fourth-order valence-corrected chi connectivity index (χ4v) is 3.47. The Morgan fingerprint density at radius 3 is 2.19 bits per heavy atom. The lowest BCUT2D eigenvalue weighted by Gasteiger charge is -2.26. The predicted octanol–water partition coefficient (Wildman–Crippen LogP) is 1.76. The van der Waals surface area contributed by atoms with E-state index in [2.05, 4.69) is 29.5 Å². The monoisotopic (exact) mass is 398 g/mol. The van der Waals surface area contributed by atoms with Gasteiger partial charge >= 0.3 is 0 Å². The molecule has 0 atom stereocenters. The molecule has 0 unspecified atom stereocenters. The highest BCUT2D eigenvalue weighted by atomic mass is 32.2. The molecule has 27 heavy (non-hydrogen) atoms. The van der Waals surface area contributed by atoms with Crippen LogP contribution in [0.5, 0.6) is 0 Å². The summed E-state index contributed by atoms with van der Waals surface area (Å²) in [5, 5.41) is 22.3. The molecule has 0 aliphatic heterocycles. The van der Waals surface area contributed by atoms with Crippen LogP contribution in [0.1, 0.15) is 52.0 Å². The molecule has 0 aliphatic carbocycles. The van der Waals surface area contributed by atoms with E-state index in [1.165, 1.54) is 12.1 Å². The average Bonchev–Trinajstić information content (AvgIpc) is 2.60. The molecule has 0 fully saturated rings. The maximum atomic E-state index is 11.3. The molecule has 154 valence electrons. The van der Waals surface area contributed by atoms with Gasteiger partial charge in [-0.1, -0.05) is 38.8 Å². The number of aliphatic imine (C=N–C) groups is 1. The number of rotatable bonds is 11. The standard InChI is InChI=1S/C19H34N4O3S/c1-4-12-19(24,13-5-2)15-23-18(21-6-3)22-14-11-16-7-9-17(10-8-16)27(20,25)26/h7-10,24H,4-6,11-15H2,1-3H3,(H2,20,25,26)(H2,21,22,23). The summed E-state index contributed by atoms with van der Waals surface area (Å²) in [6.45, 7) is 7.86. The van der Waals surface area contributed by atoms with E-state index in [0.29, 0.717) is 25.5 Å². The van der Waals surface area contributed by atoms with E-state index in [0.717, 1.165) is 37.8 Å². The zero-order chi connectivity index (χ0) is 20.3. The van der Waals surface area contributed by atoms with Crippen LogP contribution >= 0.6 is 0 Å². The van der Waals surface area contributed by atoms with Crippen molar-refractivity contribution in [1.29, 1.82) is 0 Å². The number of aliphatic hydroxyl groups is 1. The first-order chi connectivity index (χ1) is 12.7. The summed E-state index contributed by atoms with van der Waals surface area (Å²) in [6, 6.07) is 6.54. The van der Waals surface area contributed by atoms with Crippen LogP contribution < -0.4 is 15.8 Å². The second kappa shape index (κ2) is 11.3. The molecular formula is C19H34N4O3S. The van der Waals surface area contributed by atoms with E-state index < -0.39 is 15.6 Å². The summed E-state index contributed by atoms with van der Waals surface area (Å²) in [6.07, 6.45) is 4.03. The van der Waals surface area contributed by atoms with Gasteiger partial charge in [0, 0.05) is 13.1 Å². The van der Waals surface area contributed by atoms with Crippen molar-refractivity contribution in [3.63, 3.8) is 0 Å². The van der Waals surface area contributed by atoms with Crippen molar-refractivity contribution in [2.45, 2.75) is 63.4 Å². The molecule has 0 bridgehead atoms. The average molecular weight is 399 g/mol. The van der Waals surface area contributed by atoms with E-state index in [1.807, 2.05) is 6.92 Å². The van der Waals surface area contributed by atoms with E-state index in [4.69, 9.17) is 5.14 Å². The van der Waals surface area contributed by atoms with Gasteiger partial charge in [0.15, 0.2) is 5.96 Å². The number of hydrogen-bond acceptors (Lipinski definition) is 4. The van der Waals surface area contributed by atoms with Crippen LogP contribution in [0.2, 0.25) is 0 Å². The Kier molecular flexibility index (Phi) is 9.76. The van der Waals surface area contributed by atoms with Crippen molar-refractivity contribution >= 4 is 16.0 Å². The van der Waals surface area contributed by atoms with Crippen LogP contribution in [0.4, 0.5) is 0 Å². The summed E-state index contributed by atoms with van der Waals surface area (Å²) in [7, 11) is -3.66. The molecule has 0 heterocycles. The highest BCUT2D eigenvalue weighted by molar-refractivity contribution is 7.89. The summed E-state index contributed by atoms with van der Waals surface area (Å²) < 4.78 is 22.6. The highest BCUT2D eigenvalue weighted by Gasteiger charge is 2.24. The number of nitrogens with two attached hydrogens (primary N) is 1. The van der Waals surface area contributed by atoms with Gasteiger partial charge in [-0.2, -0.15) is 0 Å². The van der Waals surface area contributed by atoms with Crippen molar-refractivity contribution in [2.24, 2.45) is 10.1 Å². The molecule has 8 heteroatoms. The lowest BCUT2D eigenvalue weighted by molar-refractivity contribution is 0.0306. The van der Waals surface area contributed by atoms with Crippen LogP contribution in [0.15, 0.2) is 34.2 Å². The summed E-state index contributed by atoms with van der Waals surface area (Å²) in [5.74, 6) is 0.671. The fourth-order valence-electron chi connectivity index (χ4n) is 2.95. The predicted molar refractivity (Wildman–Crippen MR) is 110 cm³/mol. The SMILES string of the molecule is CCCC(O)(CCC)CN=C(NCC)NCCc1ccc(S(N)(=O)=O)cc1. The maximum absolute atomic E-state index is 11.3. The Bertz CT molecular complexity index is 681. The normalized spacial score (nSPS) is 12.9. The van der Waals surface area contributed by atoms with Gasteiger partial charge in [0.2, 0.25) is 10.0 Å². The van der Waals surface area contributed by atoms with Crippen molar-refractivity contribution in [1.82, 2.24) is 10.6 Å². The Morgan fingerprint density at radius 1 is 1.11 bits per heavy atom. The molecule has 0 saturated carbocycles. The topological polar surface area (TPSA) is 117 Å². The zero-order valence-electron chi connectivity index (χ0n) is 16.7. The second-order valence-corrected chi connectivity index (χ2v) is 8.35. The Morgan fingerprint density at radius 2 is 1.70 bits per heavy atom. The maximum Gasteiger partial charge on any atom is 0.238 e. The third kappa shape index (κ3) is 8.73. The minimum atomic E-state index is -3.66. The minimum Gasteiger partial charge on any atom is -0.388 e. The Balaban J connectivity index is 2.64. The number of primary sulfonamides is 1. The van der Waals surface area contributed by atoms with Crippen molar-refractivity contribution in [3.8, 4) is 0 Å². The van der Waals surface area contributed by atoms with Crippen LogP contribution in [0.25, 0.3) is 0 Å². The highest BCUT2D eigenvalue weighted by Crippen LogP contribution is 2.19. The van der Waals surface area contributed by atoms with Crippen LogP contribution in [-0.4, -0.2) is 44.7 Å². The van der Waals surface area contributed by atoms with Crippen LogP contribution in [0.3, 0.4) is 0 Å². The lowest BCUT2D eigenvalue weighted by atomic mass is 9.93. The Hall–Kier alpha value is -1.64. The number of guanidine groups is 1. The third-order valence-electron chi connectivity index (χ3n) is 4.26. The smallest absolute Gasteiger partial charge is 0.238 e. The quantitative estimate of drug-likeness (QED) is 0.335. The minimum absolute atomic E-state index is 0.111. The lowest BCUT2D eigenvalue weighted by Crippen LogP contribution is -2.40. The molecular weight excluding hydrogens is 364 g/mol. The molecule has 5 N–H and O–H groups in total. The zero-order valence-corrected chi connectivity index (χ0v) is 17.5. The molecule has 0 spiro atoms. The second-order valence-electron chi connectivity index (χ2n) is 6.79. The van der Waals surface area contributed by atoms with E-state index in [9.17, 15) is 13.5 Å². The molecule has 0 aromatic heterocycles. The van der Waals surface area contributed by atoms with E-state index in [1.54, 1.807) is 12.1 Å². The molecule has 7 nitrogen and oxygen atoms in total. The molecule has 0 radical (unpaired) electrons. The number of sulfonamides is 1. The van der Waals surface area contributed by atoms with Crippen molar-refractivity contribution < 1.29 is 13.5 Å². The van der Waals surface area contributed by atoms with Crippen molar-refractivity contribution in [3.05, 3.63) is 29.8 Å². The first kappa shape index (κ1) is 23.4. The third-order valence-corrected chi connectivity index (χ3v) is 5.19. The van der Waals surface area contributed by atoms with Gasteiger partial charge in [-0.05, 0) is 43.9 Å². The number of nitrogens with one attached hydrogen (secondary N) is 2. The van der Waals surface area contributed by atoms with Gasteiger partial charge in [0.05, 0.1) is 17.0 Å². The summed E-state index contributed by atoms with van der Waals surface area (Å²) in [4.78, 5) is 4.66. The molecule has 0 amide bonds. The van der Waals surface area contributed by atoms with E-state index in [-0.39, 0.29) is 4.90 Å².